The molecule has 0 unspecified atom stereocenters. The topological polar surface area (TPSA) is 47.8 Å². The van der Waals surface area contributed by atoms with Crippen molar-refractivity contribution in [3.63, 3.8) is 0 Å². The third-order valence-electron chi connectivity index (χ3n) is 3.78. The van der Waals surface area contributed by atoms with E-state index in [-0.39, 0.29) is 5.78 Å². The Labute approximate surface area is 148 Å². The van der Waals surface area contributed by atoms with Gasteiger partial charge in [-0.15, -0.1) is 10.2 Å². The van der Waals surface area contributed by atoms with Crippen LogP contribution in [0, 0.1) is 13.8 Å². The maximum absolute atomic E-state index is 13.1. The van der Waals surface area contributed by atoms with E-state index < -0.39 is 0 Å². The van der Waals surface area contributed by atoms with E-state index in [9.17, 15) is 4.79 Å². The Bertz CT molecular complexity index is 870. The third kappa shape index (κ3) is 3.06. The zero-order valence-electron chi connectivity index (χ0n) is 13.0. The van der Waals surface area contributed by atoms with Gasteiger partial charge in [0.25, 0.3) is 0 Å². The molecule has 0 aliphatic heterocycles. The van der Waals surface area contributed by atoms with Crippen molar-refractivity contribution < 1.29 is 4.79 Å². The van der Waals surface area contributed by atoms with Crippen LogP contribution in [0.1, 0.15) is 32.9 Å². The average molecular weight is 417 g/mol. The summed E-state index contributed by atoms with van der Waals surface area (Å²) in [5.74, 6) is 0.850. The second-order valence-electron chi connectivity index (χ2n) is 5.42. The Morgan fingerprint density at radius 3 is 2.65 bits per heavy atom. The predicted molar refractivity (Wildman–Crippen MR) is 98.4 cm³/mol. The summed E-state index contributed by atoms with van der Waals surface area (Å²) < 4.78 is 2.61. The molecule has 3 aromatic rings. The Morgan fingerprint density at radius 1 is 1.13 bits per heavy atom. The fourth-order valence-corrected chi connectivity index (χ4v) is 3.09. The van der Waals surface area contributed by atoms with E-state index in [1.54, 1.807) is 6.33 Å². The van der Waals surface area contributed by atoms with Gasteiger partial charge in [-0.3, -0.25) is 9.36 Å². The van der Waals surface area contributed by atoms with Gasteiger partial charge in [-0.1, -0.05) is 58.5 Å². The first-order valence-electron chi connectivity index (χ1n) is 7.28. The molecule has 0 aliphatic rings. The number of rotatable bonds is 4. The monoisotopic (exact) mass is 417 g/mol. The molecule has 2 aromatic carbocycles. The van der Waals surface area contributed by atoms with Crippen molar-refractivity contribution in [3.8, 4) is 5.69 Å². The van der Waals surface area contributed by atoms with Crippen molar-refractivity contribution in [2.24, 2.45) is 0 Å². The lowest BCUT2D eigenvalue weighted by atomic mass is 9.96. The van der Waals surface area contributed by atoms with Crippen LogP contribution >= 0.6 is 22.6 Å². The largest absolute Gasteiger partial charge is 0.289 e. The maximum atomic E-state index is 13.1. The summed E-state index contributed by atoms with van der Waals surface area (Å²) in [4.78, 5) is 13.1. The van der Waals surface area contributed by atoms with E-state index in [0.717, 1.165) is 32.6 Å². The smallest absolute Gasteiger partial charge is 0.195 e. The van der Waals surface area contributed by atoms with Gasteiger partial charge in [0.15, 0.2) is 5.78 Å². The fraction of sp³-hybridized carbons (Fsp3) is 0.167. The van der Waals surface area contributed by atoms with Crippen LogP contribution in [0.4, 0.5) is 0 Å². The Hall–Kier alpha value is -2.02. The highest BCUT2D eigenvalue weighted by molar-refractivity contribution is 14.1. The molecule has 0 saturated carbocycles. The van der Waals surface area contributed by atoms with Gasteiger partial charge in [0.2, 0.25) is 0 Å². The summed E-state index contributed by atoms with van der Waals surface area (Å²) in [5, 5.41) is 8.10. The molecule has 1 heterocycles. The number of carbonyl (C=O) groups excluding carboxylic acids is 1. The summed E-state index contributed by atoms with van der Waals surface area (Å²) in [6.07, 6.45) is 1.66. The van der Waals surface area contributed by atoms with Crippen molar-refractivity contribution in [3.05, 3.63) is 76.9 Å². The van der Waals surface area contributed by atoms with Crippen molar-refractivity contribution in [2.75, 3.05) is 0 Å². The van der Waals surface area contributed by atoms with E-state index in [4.69, 9.17) is 0 Å². The molecule has 0 fully saturated rings. The molecule has 5 heteroatoms. The summed E-state index contributed by atoms with van der Waals surface area (Å²) in [5.41, 5.74) is 4.24. The number of hydrogen-bond acceptors (Lipinski definition) is 3. The number of nitrogens with zero attached hydrogens (tertiary/aromatic N) is 3. The minimum absolute atomic E-state index is 0.0231. The van der Waals surface area contributed by atoms with Gasteiger partial charge in [0, 0.05) is 11.1 Å². The Balaban J connectivity index is 2.18. The molecule has 0 spiro atoms. The SMILES string of the molecule is Cc1ccc(-n2cnnc2CI)c(C(=O)c2ccccc2C)c1. The van der Waals surface area contributed by atoms with E-state index in [2.05, 4.69) is 32.8 Å². The minimum atomic E-state index is 0.0231. The van der Waals surface area contributed by atoms with E-state index in [0.29, 0.717) is 5.56 Å². The van der Waals surface area contributed by atoms with Gasteiger partial charge < -0.3 is 0 Å². The van der Waals surface area contributed by atoms with Crippen LogP contribution < -0.4 is 0 Å². The summed E-state index contributed by atoms with van der Waals surface area (Å²) in [7, 11) is 0. The van der Waals surface area contributed by atoms with Crippen molar-refractivity contribution in [2.45, 2.75) is 18.3 Å². The Morgan fingerprint density at radius 2 is 1.91 bits per heavy atom. The number of ketones is 1. The molecular formula is C18H16IN3O. The van der Waals surface area contributed by atoms with E-state index >= 15 is 0 Å². The molecule has 0 atom stereocenters. The third-order valence-corrected chi connectivity index (χ3v) is 4.47. The molecule has 23 heavy (non-hydrogen) atoms. The molecule has 0 radical (unpaired) electrons. The molecule has 4 nitrogen and oxygen atoms in total. The molecule has 0 saturated heterocycles. The lowest BCUT2D eigenvalue weighted by molar-refractivity contribution is 0.103. The predicted octanol–water partition coefficient (Wildman–Crippen LogP) is 4.05. The molecule has 0 N–H and O–H groups in total. The number of halogens is 1. The van der Waals surface area contributed by atoms with Gasteiger partial charge in [0.05, 0.1) is 10.1 Å². The number of carbonyl (C=O) groups is 1. The molecule has 1 aromatic heterocycles. The van der Waals surface area contributed by atoms with Gasteiger partial charge in [-0.05, 0) is 31.5 Å². The first-order valence-corrected chi connectivity index (χ1v) is 8.80. The van der Waals surface area contributed by atoms with Crippen LogP contribution in [0.2, 0.25) is 0 Å². The van der Waals surface area contributed by atoms with Crippen molar-refractivity contribution in [1.29, 1.82) is 0 Å². The molecule has 0 amide bonds. The van der Waals surface area contributed by atoms with Crippen LogP contribution in [-0.2, 0) is 4.43 Å². The van der Waals surface area contributed by atoms with Gasteiger partial charge >= 0.3 is 0 Å². The highest BCUT2D eigenvalue weighted by Gasteiger charge is 2.18. The van der Waals surface area contributed by atoms with E-state index in [1.807, 2.05) is 60.9 Å². The van der Waals surface area contributed by atoms with Crippen molar-refractivity contribution >= 4 is 28.4 Å². The maximum Gasteiger partial charge on any atom is 0.195 e. The molecule has 0 bridgehead atoms. The van der Waals surface area contributed by atoms with Crippen LogP contribution in [0.5, 0.6) is 0 Å². The number of aryl methyl sites for hydroxylation is 2. The molecule has 3 rings (SSSR count). The summed E-state index contributed by atoms with van der Waals surface area (Å²) in [6.45, 7) is 3.95. The first-order chi connectivity index (χ1) is 11.1. The number of hydrogen-bond donors (Lipinski definition) is 0. The number of benzene rings is 2. The van der Waals surface area contributed by atoms with Gasteiger partial charge in [-0.2, -0.15) is 0 Å². The minimum Gasteiger partial charge on any atom is -0.289 e. The second kappa shape index (κ2) is 6.62. The second-order valence-corrected chi connectivity index (χ2v) is 6.18. The quantitative estimate of drug-likeness (QED) is 0.366. The van der Waals surface area contributed by atoms with Gasteiger partial charge in [-0.25, -0.2) is 0 Å². The van der Waals surface area contributed by atoms with Crippen molar-refractivity contribution in [1.82, 2.24) is 14.8 Å². The zero-order valence-corrected chi connectivity index (χ0v) is 15.1. The summed E-state index contributed by atoms with van der Waals surface area (Å²) >= 11 is 2.25. The molecule has 0 aliphatic carbocycles. The fourth-order valence-electron chi connectivity index (χ4n) is 2.57. The van der Waals surface area contributed by atoms with Crippen LogP contribution in [0.3, 0.4) is 0 Å². The number of aromatic nitrogens is 3. The first kappa shape index (κ1) is 15.9. The highest BCUT2D eigenvalue weighted by atomic mass is 127. The lowest BCUT2D eigenvalue weighted by Crippen LogP contribution is -2.10. The van der Waals surface area contributed by atoms with E-state index in [1.165, 1.54) is 0 Å². The molecule has 116 valence electrons. The van der Waals surface area contributed by atoms with Crippen LogP contribution in [0.25, 0.3) is 5.69 Å². The number of alkyl halides is 1. The van der Waals surface area contributed by atoms with Gasteiger partial charge in [0.1, 0.15) is 12.2 Å². The standard InChI is InChI=1S/C18H16IN3O/c1-12-7-8-16(22-11-20-21-17(22)10-19)15(9-12)18(23)14-6-4-3-5-13(14)2/h3-9,11H,10H2,1-2H3. The Kier molecular flexibility index (Phi) is 4.56. The lowest BCUT2D eigenvalue weighted by Gasteiger charge is -2.13. The normalized spacial score (nSPS) is 10.7. The zero-order chi connectivity index (χ0) is 16.4. The summed E-state index contributed by atoms with van der Waals surface area (Å²) in [6, 6.07) is 13.6. The van der Waals surface area contributed by atoms with Crippen LogP contribution in [-0.4, -0.2) is 20.5 Å². The highest BCUT2D eigenvalue weighted by Crippen LogP contribution is 2.23. The average Bonchev–Trinajstić information content (AvgIpc) is 3.03. The molecular weight excluding hydrogens is 401 g/mol. The van der Waals surface area contributed by atoms with Crippen LogP contribution in [0.15, 0.2) is 48.8 Å².